The lowest BCUT2D eigenvalue weighted by molar-refractivity contribution is -0.143. The number of carbonyl (C=O) groups excluding carboxylic acids is 2. The minimum Gasteiger partial charge on any atom is -0.469 e. The number of rotatable bonds is 3. The number of carbonyl (C=O) groups is 2. The Balaban J connectivity index is 2.11. The van der Waals surface area contributed by atoms with Gasteiger partial charge in [0, 0.05) is 10.9 Å². The third kappa shape index (κ3) is 3.44. The van der Waals surface area contributed by atoms with Crippen molar-refractivity contribution in [2.24, 2.45) is 5.92 Å². The lowest BCUT2D eigenvalue weighted by Crippen LogP contribution is -2.21. The van der Waals surface area contributed by atoms with Crippen molar-refractivity contribution < 1.29 is 14.3 Å². The summed E-state index contributed by atoms with van der Waals surface area (Å²) in [6.07, 6.45) is 3.28. The molecule has 0 fully saturated rings. The molecule has 0 aliphatic heterocycles. The number of methoxy groups -OCH3 is 1. The van der Waals surface area contributed by atoms with E-state index in [1.54, 1.807) is 6.08 Å². The van der Waals surface area contributed by atoms with E-state index in [4.69, 9.17) is 11.6 Å². The van der Waals surface area contributed by atoms with Crippen LogP contribution in [0.2, 0.25) is 5.02 Å². The number of ether oxygens (including phenoxy) is 1. The molecule has 100 valence electrons. The highest BCUT2D eigenvalue weighted by Gasteiger charge is 2.25. The van der Waals surface area contributed by atoms with Gasteiger partial charge in [-0.3, -0.25) is 9.59 Å². The molecule has 0 spiro atoms. The minimum absolute atomic E-state index is 0.00148. The zero-order valence-corrected chi connectivity index (χ0v) is 11.4. The predicted octanol–water partition coefficient (Wildman–Crippen LogP) is 3.27. The molecule has 4 heteroatoms. The topological polar surface area (TPSA) is 43.4 Å². The molecular weight excluding hydrogens is 264 g/mol. The Morgan fingerprint density at radius 1 is 1.37 bits per heavy atom. The molecule has 0 saturated heterocycles. The van der Waals surface area contributed by atoms with E-state index < -0.39 is 0 Å². The Kier molecular flexibility index (Phi) is 4.38. The zero-order valence-electron chi connectivity index (χ0n) is 10.7. The minimum atomic E-state index is -0.332. The smallest absolute Gasteiger partial charge is 0.306 e. The fourth-order valence-electron chi connectivity index (χ4n) is 2.21. The normalized spacial score (nSPS) is 18.9. The number of hydrogen-bond acceptors (Lipinski definition) is 3. The molecule has 1 aromatic carbocycles. The number of hydrogen-bond donors (Lipinski definition) is 0. The van der Waals surface area contributed by atoms with Crippen molar-refractivity contribution in [3.8, 4) is 0 Å². The predicted molar refractivity (Wildman–Crippen MR) is 73.8 cm³/mol. The maximum atomic E-state index is 12.0. The van der Waals surface area contributed by atoms with E-state index in [-0.39, 0.29) is 24.1 Å². The molecule has 1 aliphatic rings. The van der Waals surface area contributed by atoms with Crippen molar-refractivity contribution in [3.05, 3.63) is 40.9 Å². The summed E-state index contributed by atoms with van der Waals surface area (Å²) in [7, 11) is 1.34. The van der Waals surface area contributed by atoms with Crippen molar-refractivity contribution in [1.82, 2.24) is 0 Å². The van der Waals surface area contributed by atoms with Crippen molar-refractivity contribution in [2.75, 3.05) is 7.11 Å². The van der Waals surface area contributed by atoms with Gasteiger partial charge in [-0.25, -0.2) is 0 Å². The van der Waals surface area contributed by atoms with Crippen molar-refractivity contribution in [2.45, 2.75) is 19.3 Å². The van der Waals surface area contributed by atoms with Crippen LogP contribution < -0.4 is 0 Å². The van der Waals surface area contributed by atoms with E-state index >= 15 is 0 Å². The molecular formula is C15H15ClO3. The molecule has 1 atom stereocenters. The third-order valence-corrected chi connectivity index (χ3v) is 3.59. The van der Waals surface area contributed by atoms with Crippen LogP contribution in [0.15, 0.2) is 30.3 Å². The van der Waals surface area contributed by atoms with Crippen molar-refractivity contribution >= 4 is 28.9 Å². The molecule has 3 nitrogen and oxygen atoms in total. The number of halogens is 1. The largest absolute Gasteiger partial charge is 0.469 e. The van der Waals surface area contributed by atoms with Gasteiger partial charge in [0.15, 0.2) is 5.78 Å². The fraction of sp³-hybridized carbons (Fsp3) is 0.333. The third-order valence-electron chi connectivity index (χ3n) is 3.34. The highest BCUT2D eigenvalue weighted by Crippen LogP contribution is 2.30. The van der Waals surface area contributed by atoms with Crippen LogP contribution in [0.5, 0.6) is 0 Å². The van der Waals surface area contributed by atoms with Gasteiger partial charge in [-0.05, 0) is 42.2 Å². The van der Waals surface area contributed by atoms with Crippen LogP contribution in [0.1, 0.15) is 24.8 Å². The molecule has 0 radical (unpaired) electrons. The molecule has 0 saturated carbocycles. The van der Waals surface area contributed by atoms with Crippen molar-refractivity contribution in [1.29, 1.82) is 0 Å². The summed E-state index contributed by atoms with van der Waals surface area (Å²) in [5.41, 5.74) is 2.01. The zero-order chi connectivity index (χ0) is 13.8. The quantitative estimate of drug-likeness (QED) is 0.797. The van der Waals surface area contributed by atoms with Gasteiger partial charge in [0.05, 0.1) is 13.5 Å². The van der Waals surface area contributed by atoms with Crippen LogP contribution in [0.3, 0.4) is 0 Å². The Labute approximate surface area is 117 Å². The first-order valence-electron chi connectivity index (χ1n) is 6.17. The van der Waals surface area contributed by atoms with Crippen LogP contribution in [0.4, 0.5) is 0 Å². The second-order valence-electron chi connectivity index (χ2n) is 4.59. The number of esters is 1. The fourth-order valence-corrected chi connectivity index (χ4v) is 2.34. The maximum absolute atomic E-state index is 12.0. The summed E-state index contributed by atoms with van der Waals surface area (Å²) < 4.78 is 4.60. The van der Waals surface area contributed by atoms with E-state index in [0.29, 0.717) is 11.4 Å². The van der Waals surface area contributed by atoms with Gasteiger partial charge in [0.2, 0.25) is 0 Å². The summed E-state index contributed by atoms with van der Waals surface area (Å²) in [4.78, 5) is 23.2. The molecule has 0 aromatic heterocycles. The van der Waals surface area contributed by atoms with Gasteiger partial charge in [0.25, 0.3) is 0 Å². The number of benzene rings is 1. The van der Waals surface area contributed by atoms with Crippen molar-refractivity contribution in [3.63, 3.8) is 0 Å². The molecule has 1 unspecified atom stereocenters. The van der Waals surface area contributed by atoms with Gasteiger partial charge >= 0.3 is 5.97 Å². The number of ketones is 1. The van der Waals surface area contributed by atoms with E-state index in [9.17, 15) is 9.59 Å². The van der Waals surface area contributed by atoms with Gasteiger partial charge in [-0.1, -0.05) is 23.7 Å². The standard InChI is InChI=1S/C15H15ClO3/c1-19-15(18)9-12-3-2-11(8-14(12)17)10-4-6-13(16)7-5-10/h4-8,12H,2-3,9H2,1H3. The highest BCUT2D eigenvalue weighted by molar-refractivity contribution is 6.30. The second kappa shape index (κ2) is 6.02. The molecule has 19 heavy (non-hydrogen) atoms. The monoisotopic (exact) mass is 278 g/mol. The lowest BCUT2D eigenvalue weighted by atomic mass is 9.84. The Morgan fingerprint density at radius 3 is 2.63 bits per heavy atom. The summed E-state index contributed by atoms with van der Waals surface area (Å²) in [6, 6.07) is 7.43. The lowest BCUT2D eigenvalue weighted by Gasteiger charge is -2.20. The van der Waals surface area contributed by atoms with Gasteiger partial charge < -0.3 is 4.74 Å². The molecule has 0 heterocycles. The Hall–Kier alpha value is -1.61. The van der Waals surface area contributed by atoms with Crippen LogP contribution in [0.25, 0.3) is 5.57 Å². The Bertz CT molecular complexity index is 517. The van der Waals surface area contributed by atoms with Crippen LogP contribution in [-0.2, 0) is 14.3 Å². The van der Waals surface area contributed by atoms with Crippen LogP contribution >= 0.6 is 11.6 Å². The molecule has 2 rings (SSSR count). The van der Waals surface area contributed by atoms with E-state index in [2.05, 4.69) is 4.74 Å². The van der Waals surface area contributed by atoms with Crippen LogP contribution in [-0.4, -0.2) is 18.9 Å². The molecule has 0 bridgehead atoms. The van der Waals surface area contributed by atoms with E-state index in [1.807, 2.05) is 24.3 Å². The second-order valence-corrected chi connectivity index (χ2v) is 5.03. The Morgan fingerprint density at radius 2 is 2.05 bits per heavy atom. The molecule has 0 N–H and O–H groups in total. The van der Waals surface area contributed by atoms with Gasteiger partial charge in [-0.15, -0.1) is 0 Å². The SMILES string of the molecule is COC(=O)CC1CCC(c2ccc(Cl)cc2)=CC1=O. The maximum Gasteiger partial charge on any atom is 0.306 e. The summed E-state index contributed by atoms with van der Waals surface area (Å²) in [6.45, 7) is 0. The molecule has 1 aliphatic carbocycles. The van der Waals surface area contributed by atoms with E-state index in [1.165, 1.54) is 7.11 Å². The molecule has 0 amide bonds. The van der Waals surface area contributed by atoms with Gasteiger partial charge in [-0.2, -0.15) is 0 Å². The van der Waals surface area contributed by atoms with Gasteiger partial charge in [0.1, 0.15) is 0 Å². The first-order chi connectivity index (χ1) is 9.10. The number of allylic oxidation sites excluding steroid dienone is 2. The first-order valence-corrected chi connectivity index (χ1v) is 6.55. The first kappa shape index (κ1) is 13.8. The highest BCUT2D eigenvalue weighted by atomic mass is 35.5. The average Bonchev–Trinajstić information content (AvgIpc) is 2.41. The molecule has 1 aromatic rings. The summed E-state index contributed by atoms with van der Waals surface area (Å²) in [5, 5.41) is 0.676. The van der Waals surface area contributed by atoms with Crippen LogP contribution in [0, 0.1) is 5.92 Å². The van der Waals surface area contributed by atoms with E-state index in [0.717, 1.165) is 17.6 Å². The average molecular weight is 279 g/mol. The summed E-state index contributed by atoms with van der Waals surface area (Å²) in [5.74, 6) is -0.577. The summed E-state index contributed by atoms with van der Waals surface area (Å²) >= 11 is 5.84.